The highest BCUT2D eigenvalue weighted by molar-refractivity contribution is 5.92. The van der Waals surface area contributed by atoms with Crippen molar-refractivity contribution in [3.05, 3.63) is 97.1 Å². The lowest BCUT2D eigenvalue weighted by atomic mass is 10.0. The molecule has 0 amide bonds. The van der Waals surface area contributed by atoms with E-state index in [1.807, 2.05) is 42.5 Å². The van der Waals surface area contributed by atoms with E-state index in [0.29, 0.717) is 0 Å². The lowest BCUT2D eigenvalue weighted by Gasteiger charge is -2.23. The summed E-state index contributed by atoms with van der Waals surface area (Å²) in [4.78, 5) is 4.94. The van der Waals surface area contributed by atoms with E-state index in [9.17, 15) is 0 Å². The molecule has 0 saturated carbocycles. The van der Waals surface area contributed by atoms with Gasteiger partial charge in [0.25, 0.3) is 0 Å². The van der Waals surface area contributed by atoms with Gasteiger partial charge >= 0.3 is 0 Å². The van der Waals surface area contributed by atoms with E-state index >= 15 is 0 Å². The topological polar surface area (TPSA) is 27.1 Å². The van der Waals surface area contributed by atoms with Gasteiger partial charge in [0.15, 0.2) is 11.5 Å². The standard InChI is InChI=1S/C25H16N2O/c1-3-9-17(10-4-1)19-13-7-15-21-24(19)28-22-16-8-14-20-23(22)27(21)25(26-20)18-11-5-2-6-12-18/h1-16H. The van der Waals surface area contributed by atoms with Crippen molar-refractivity contribution >= 4 is 11.0 Å². The first-order valence-electron chi connectivity index (χ1n) is 9.34. The van der Waals surface area contributed by atoms with Crippen LogP contribution in [0.4, 0.5) is 0 Å². The highest BCUT2D eigenvalue weighted by atomic mass is 16.5. The molecule has 132 valence electrons. The van der Waals surface area contributed by atoms with Crippen LogP contribution in [0.3, 0.4) is 0 Å². The summed E-state index contributed by atoms with van der Waals surface area (Å²) in [6.45, 7) is 0. The quantitative estimate of drug-likeness (QED) is 0.354. The van der Waals surface area contributed by atoms with Crippen molar-refractivity contribution in [1.82, 2.24) is 9.55 Å². The fourth-order valence-corrected chi connectivity index (χ4v) is 3.96. The molecule has 1 aliphatic rings. The smallest absolute Gasteiger partial charge is 0.159 e. The summed E-state index contributed by atoms with van der Waals surface area (Å²) < 4.78 is 8.65. The Morgan fingerprint density at radius 1 is 0.643 bits per heavy atom. The molecule has 2 heterocycles. The highest BCUT2D eigenvalue weighted by Gasteiger charge is 2.26. The first kappa shape index (κ1) is 15.2. The van der Waals surface area contributed by atoms with Crippen LogP contribution in [-0.2, 0) is 0 Å². The Balaban J connectivity index is 1.70. The van der Waals surface area contributed by atoms with Crippen LogP contribution in [0, 0.1) is 0 Å². The third kappa shape index (κ3) is 2.13. The maximum atomic E-state index is 6.42. The summed E-state index contributed by atoms with van der Waals surface area (Å²) in [6, 6.07) is 33.0. The Morgan fingerprint density at radius 3 is 2.14 bits per heavy atom. The number of para-hydroxylation sites is 2. The minimum atomic E-state index is 0.836. The molecule has 0 fully saturated rings. The molecule has 4 aromatic carbocycles. The predicted molar refractivity (Wildman–Crippen MR) is 112 cm³/mol. The molecule has 0 unspecified atom stereocenters. The second-order valence-corrected chi connectivity index (χ2v) is 6.88. The number of nitrogens with zero attached hydrogens (tertiary/aromatic N) is 2. The van der Waals surface area contributed by atoms with Gasteiger partial charge < -0.3 is 4.74 Å². The lowest BCUT2D eigenvalue weighted by molar-refractivity contribution is 0.477. The Hall–Kier alpha value is -3.85. The fraction of sp³-hybridized carbons (Fsp3) is 0. The molecule has 1 aliphatic heterocycles. The maximum absolute atomic E-state index is 6.42. The average molecular weight is 360 g/mol. The summed E-state index contributed by atoms with van der Waals surface area (Å²) in [7, 11) is 0. The van der Waals surface area contributed by atoms with Gasteiger partial charge in [0.05, 0.1) is 11.2 Å². The lowest BCUT2D eigenvalue weighted by Crippen LogP contribution is -2.06. The van der Waals surface area contributed by atoms with E-state index in [1.54, 1.807) is 0 Å². The number of aromatic nitrogens is 2. The van der Waals surface area contributed by atoms with Gasteiger partial charge in [0.2, 0.25) is 0 Å². The molecule has 0 aliphatic carbocycles. The number of imidazole rings is 1. The van der Waals surface area contributed by atoms with Crippen LogP contribution in [0.2, 0.25) is 0 Å². The summed E-state index contributed by atoms with van der Waals surface area (Å²) in [5, 5.41) is 0. The van der Waals surface area contributed by atoms with Gasteiger partial charge in [-0.25, -0.2) is 4.98 Å². The van der Waals surface area contributed by atoms with Crippen LogP contribution < -0.4 is 4.74 Å². The van der Waals surface area contributed by atoms with Gasteiger partial charge in [-0.05, 0) is 23.8 Å². The number of benzene rings is 4. The zero-order valence-electron chi connectivity index (χ0n) is 15.0. The molecule has 0 atom stereocenters. The van der Waals surface area contributed by atoms with E-state index in [-0.39, 0.29) is 0 Å². The second kappa shape index (κ2) is 5.83. The summed E-state index contributed by atoms with van der Waals surface area (Å²) >= 11 is 0. The molecule has 0 saturated heterocycles. The number of fused-ring (bicyclic) bond motifs is 2. The summed E-state index contributed by atoms with van der Waals surface area (Å²) in [5.41, 5.74) is 6.26. The van der Waals surface area contributed by atoms with Gasteiger partial charge in [-0.15, -0.1) is 0 Å². The Bertz CT molecular complexity index is 1320. The van der Waals surface area contributed by atoms with Crippen molar-refractivity contribution in [1.29, 1.82) is 0 Å². The minimum Gasteiger partial charge on any atom is -0.452 e. The van der Waals surface area contributed by atoms with Crippen molar-refractivity contribution in [3.8, 4) is 39.7 Å². The zero-order chi connectivity index (χ0) is 18.5. The van der Waals surface area contributed by atoms with Crippen molar-refractivity contribution in [3.63, 3.8) is 0 Å². The second-order valence-electron chi connectivity index (χ2n) is 6.88. The van der Waals surface area contributed by atoms with Gasteiger partial charge in [-0.2, -0.15) is 0 Å². The van der Waals surface area contributed by atoms with E-state index in [0.717, 1.165) is 50.7 Å². The molecule has 28 heavy (non-hydrogen) atoms. The highest BCUT2D eigenvalue weighted by Crippen LogP contribution is 2.47. The summed E-state index contributed by atoms with van der Waals surface area (Å²) in [6.07, 6.45) is 0. The molecule has 5 aromatic rings. The summed E-state index contributed by atoms with van der Waals surface area (Å²) in [5.74, 6) is 2.63. The van der Waals surface area contributed by atoms with Gasteiger partial charge in [-0.3, -0.25) is 4.57 Å². The van der Waals surface area contributed by atoms with E-state index < -0.39 is 0 Å². The van der Waals surface area contributed by atoms with Gasteiger partial charge in [0.1, 0.15) is 11.3 Å². The monoisotopic (exact) mass is 360 g/mol. The van der Waals surface area contributed by atoms with Crippen molar-refractivity contribution in [2.24, 2.45) is 0 Å². The van der Waals surface area contributed by atoms with Crippen molar-refractivity contribution in [2.45, 2.75) is 0 Å². The SMILES string of the molecule is c1ccc(-c2cccc3c2Oc2cccc4nc(-c5ccccc5)n-3c24)cc1. The average Bonchev–Trinajstić information content (AvgIpc) is 3.16. The van der Waals surface area contributed by atoms with Crippen LogP contribution in [0.15, 0.2) is 97.1 Å². The van der Waals surface area contributed by atoms with Gasteiger partial charge in [-0.1, -0.05) is 78.9 Å². The molecule has 0 bridgehead atoms. The van der Waals surface area contributed by atoms with E-state index in [1.165, 1.54) is 0 Å². The molecule has 0 spiro atoms. The number of ether oxygens (including phenoxy) is 1. The van der Waals surface area contributed by atoms with E-state index in [4.69, 9.17) is 9.72 Å². The third-order valence-electron chi connectivity index (χ3n) is 5.20. The molecule has 0 N–H and O–H groups in total. The molecule has 1 aromatic heterocycles. The Kier molecular flexibility index (Phi) is 3.17. The first-order valence-corrected chi connectivity index (χ1v) is 9.34. The molecule has 0 radical (unpaired) electrons. The Morgan fingerprint density at radius 2 is 1.36 bits per heavy atom. The van der Waals surface area contributed by atoms with Crippen LogP contribution in [0.1, 0.15) is 0 Å². The van der Waals surface area contributed by atoms with Crippen molar-refractivity contribution < 1.29 is 4.74 Å². The minimum absolute atomic E-state index is 0.836. The third-order valence-corrected chi connectivity index (χ3v) is 5.20. The molecule has 6 rings (SSSR count). The first-order chi connectivity index (χ1) is 13.9. The molecule has 3 heteroatoms. The molecular formula is C25H16N2O. The van der Waals surface area contributed by atoms with Crippen LogP contribution in [0.25, 0.3) is 39.2 Å². The molecular weight excluding hydrogens is 344 g/mol. The van der Waals surface area contributed by atoms with Crippen LogP contribution in [0.5, 0.6) is 11.5 Å². The number of hydrogen-bond acceptors (Lipinski definition) is 2. The molecule has 3 nitrogen and oxygen atoms in total. The normalized spacial score (nSPS) is 11.9. The van der Waals surface area contributed by atoms with Crippen LogP contribution in [-0.4, -0.2) is 9.55 Å². The maximum Gasteiger partial charge on any atom is 0.159 e. The van der Waals surface area contributed by atoms with E-state index in [2.05, 4.69) is 59.2 Å². The zero-order valence-corrected chi connectivity index (χ0v) is 15.0. The largest absolute Gasteiger partial charge is 0.452 e. The number of hydrogen-bond donors (Lipinski definition) is 0. The fourth-order valence-electron chi connectivity index (χ4n) is 3.96. The van der Waals surface area contributed by atoms with Crippen LogP contribution >= 0.6 is 0 Å². The van der Waals surface area contributed by atoms with Gasteiger partial charge in [0, 0.05) is 11.1 Å². The van der Waals surface area contributed by atoms with Crippen molar-refractivity contribution in [2.75, 3.05) is 0 Å². The Labute approximate surface area is 162 Å². The predicted octanol–water partition coefficient (Wildman–Crippen LogP) is 6.47. The number of rotatable bonds is 2.